The molecule has 1 saturated carbocycles. The Balaban J connectivity index is 1.66. The van der Waals surface area contributed by atoms with Crippen LogP contribution in [0.3, 0.4) is 0 Å². The maximum absolute atomic E-state index is 14.0. The van der Waals surface area contributed by atoms with Gasteiger partial charge in [0.1, 0.15) is 18.3 Å². The number of methoxy groups -OCH3 is 1. The van der Waals surface area contributed by atoms with E-state index in [4.69, 9.17) is 16.3 Å². The van der Waals surface area contributed by atoms with Crippen LogP contribution in [0.4, 0.5) is 5.69 Å². The Morgan fingerprint density at radius 1 is 1.00 bits per heavy atom. The number of nitrogens with zero attached hydrogens (tertiary/aromatic N) is 2. The number of para-hydroxylation sites is 1. The van der Waals surface area contributed by atoms with Crippen molar-refractivity contribution in [1.29, 1.82) is 0 Å². The van der Waals surface area contributed by atoms with Gasteiger partial charge in [0.2, 0.25) is 11.8 Å². The number of benzene rings is 3. The topological polar surface area (TPSA) is 96.0 Å². The van der Waals surface area contributed by atoms with Crippen LogP contribution >= 0.6 is 11.6 Å². The van der Waals surface area contributed by atoms with Gasteiger partial charge in [-0.1, -0.05) is 54.8 Å². The van der Waals surface area contributed by atoms with Crippen molar-refractivity contribution in [2.75, 3.05) is 18.0 Å². The van der Waals surface area contributed by atoms with E-state index in [-0.39, 0.29) is 23.4 Å². The van der Waals surface area contributed by atoms with Crippen molar-refractivity contribution < 1.29 is 22.7 Å². The van der Waals surface area contributed by atoms with E-state index in [9.17, 15) is 18.0 Å². The third-order valence-corrected chi connectivity index (χ3v) is 9.10. The Bertz CT molecular complexity index is 1410. The molecule has 40 heavy (non-hydrogen) atoms. The molecule has 2 amide bonds. The minimum atomic E-state index is -4.14. The largest absolute Gasteiger partial charge is 0.497 e. The molecular formula is C30H34ClN3O5S. The van der Waals surface area contributed by atoms with Crippen molar-refractivity contribution in [2.45, 2.75) is 56.1 Å². The molecule has 0 aromatic heterocycles. The van der Waals surface area contributed by atoms with Crippen LogP contribution in [0.5, 0.6) is 5.75 Å². The number of amides is 2. The van der Waals surface area contributed by atoms with Crippen LogP contribution in [-0.2, 0) is 26.2 Å². The SMILES string of the molecule is COc1ccc(S(=O)(=O)N(CC(=O)N(Cc2cccc(Cl)c2)[C@H](C)C(=O)NC2CCCC2)c2ccccc2)cc1. The second-order valence-electron chi connectivity index (χ2n) is 9.84. The summed E-state index contributed by atoms with van der Waals surface area (Å²) >= 11 is 6.20. The van der Waals surface area contributed by atoms with Crippen LogP contribution < -0.4 is 14.4 Å². The van der Waals surface area contributed by atoms with Gasteiger partial charge in [-0.3, -0.25) is 13.9 Å². The number of carbonyl (C=O) groups is 2. The quantitative estimate of drug-likeness (QED) is 0.342. The highest BCUT2D eigenvalue weighted by Crippen LogP contribution is 2.26. The zero-order valence-corrected chi connectivity index (χ0v) is 24.2. The second-order valence-corrected chi connectivity index (χ2v) is 12.1. The second kappa shape index (κ2) is 13.2. The molecule has 3 aromatic carbocycles. The van der Waals surface area contributed by atoms with Gasteiger partial charge in [-0.2, -0.15) is 0 Å². The van der Waals surface area contributed by atoms with Gasteiger partial charge in [0, 0.05) is 17.6 Å². The summed E-state index contributed by atoms with van der Waals surface area (Å²) in [6.45, 7) is 1.25. The van der Waals surface area contributed by atoms with Gasteiger partial charge in [-0.15, -0.1) is 0 Å². The first-order valence-electron chi connectivity index (χ1n) is 13.2. The van der Waals surface area contributed by atoms with Crippen LogP contribution in [0.1, 0.15) is 38.2 Å². The first kappa shape index (κ1) is 29.4. The predicted octanol–water partition coefficient (Wildman–Crippen LogP) is 5.02. The molecule has 0 saturated heterocycles. The summed E-state index contributed by atoms with van der Waals surface area (Å²) in [4.78, 5) is 28.7. The molecule has 1 fully saturated rings. The zero-order valence-electron chi connectivity index (χ0n) is 22.6. The van der Waals surface area contributed by atoms with Crippen LogP contribution in [0.25, 0.3) is 0 Å². The van der Waals surface area contributed by atoms with Crippen molar-refractivity contribution in [2.24, 2.45) is 0 Å². The van der Waals surface area contributed by atoms with E-state index in [0.717, 1.165) is 35.6 Å². The molecule has 4 rings (SSSR count). The molecule has 10 heteroatoms. The average molecular weight is 584 g/mol. The van der Waals surface area contributed by atoms with Crippen molar-refractivity contribution >= 4 is 39.1 Å². The number of rotatable bonds is 11. The summed E-state index contributed by atoms with van der Waals surface area (Å²) in [5.74, 6) is -0.280. The summed E-state index contributed by atoms with van der Waals surface area (Å²) in [5.41, 5.74) is 1.06. The average Bonchev–Trinajstić information content (AvgIpc) is 3.47. The first-order chi connectivity index (χ1) is 19.2. The molecule has 0 aliphatic heterocycles. The summed E-state index contributed by atoms with van der Waals surface area (Å²) in [6.07, 6.45) is 3.92. The fourth-order valence-corrected chi connectivity index (χ4v) is 6.43. The fourth-order valence-electron chi connectivity index (χ4n) is 4.80. The number of halogens is 1. The van der Waals surface area contributed by atoms with E-state index in [0.29, 0.717) is 16.5 Å². The molecule has 0 unspecified atom stereocenters. The molecular weight excluding hydrogens is 550 g/mol. The highest BCUT2D eigenvalue weighted by molar-refractivity contribution is 7.92. The van der Waals surface area contributed by atoms with E-state index in [1.54, 1.807) is 67.6 Å². The minimum absolute atomic E-state index is 0.0124. The number of anilines is 1. The smallest absolute Gasteiger partial charge is 0.264 e. The maximum Gasteiger partial charge on any atom is 0.264 e. The van der Waals surface area contributed by atoms with Gasteiger partial charge in [0.25, 0.3) is 10.0 Å². The molecule has 8 nitrogen and oxygen atoms in total. The van der Waals surface area contributed by atoms with Gasteiger partial charge in [-0.05, 0) is 73.9 Å². The molecule has 212 valence electrons. The van der Waals surface area contributed by atoms with E-state index in [2.05, 4.69) is 5.32 Å². The van der Waals surface area contributed by atoms with E-state index in [1.165, 1.54) is 24.1 Å². The molecule has 3 aromatic rings. The van der Waals surface area contributed by atoms with E-state index in [1.807, 2.05) is 6.07 Å². The van der Waals surface area contributed by atoms with Gasteiger partial charge in [-0.25, -0.2) is 8.42 Å². The lowest BCUT2D eigenvalue weighted by atomic mass is 10.1. The van der Waals surface area contributed by atoms with Crippen LogP contribution in [-0.4, -0.2) is 50.9 Å². The lowest BCUT2D eigenvalue weighted by Crippen LogP contribution is -2.52. The number of ether oxygens (including phenoxy) is 1. The van der Waals surface area contributed by atoms with Crippen molar-refractivity contribution in [1.82, 2.24) is 10.2 Å². The molecule has 1 aliphatic rings. The third-order valence-electron chi connectivity index (χ3n) is 7.08. The Labute approximate surface area is 240 Å². The third kappa shape index (κ3) is 7.14. The molecule has 0 bridgehead atoms. The molecule has 0 heterocycles. The molecule has 1 aliphatic carbocycles. The summed E-state index contributed by atoms with van der Waals surface area (Å²) in [7, 11) is -2.65. The van der Waals surface area contributed by atoms with Crippen LogP contribution in [0.2, 0.25) is 5.02 Å². The summed E-state index contributed by atoms with van der Waals surface area (Å²) < 4.78 is 33.9. The number of nitrogens with one attached hydrogen (secondary N) is 1. The van der Waals surface area contributed by atoms with E-state index < -0.39 is 28.5 Å². The standard InChI is InChI=1S/C30H34ClN3O5S/c1-22(30(36)32-25-11-6-7-12-25)33(20-23-9-8-10-24(31)19-23)29(35)21-34(26-13-4-3-5-14-26)40(37,38)28-17-15-27(39-2)16-18-28/h3-5,8-10,13-19,22,25H,6-7,11-12,20-21H2,1-2H3,(H,32,36)/t22-/m1/s1. The van der Waals surface area contributed by atoms with Crippen molar-refractivity contribution in [3.8, 4) is 5.75 Å². The molecule has 0 spiro atoms. The van der Waals surface area contributed by atoms with Crippen molar-refractivity contribution in [3.05, 3.63) is 89.4 Å². The fraction of sp³-hybridized carbons (Fsp3) is 0.333. The molecule has 0 radical (unpaired) electrons. The van der Waals surface area contributed by atoms with Gasteiger partial charge in [0.05, 0.1) is 17.7 Å². The number of hydrogen-bond acceptors (Lipinski definition) is 5. The van der Waals surface area contributed by atoms with Crippen LogP contribution in [0, 0.1) is 0 Å². The summed E-state index contributed by atoms with van der Waals surface area (Å²) in [6, 6.07) is 20.7. The lowest BCUT2D eigenvalue weighted by Gasteiger charge is -2.32. The van der Waals surface area contributed by atoms with Crippen molar-refractivity contribution in [3.63, 3.8) is 0 Å². The first-order valence-corrected chi connectivity index (χ1v) is 15.1. The number of sulfonamides is 1. The maximum atomic E-state index is 14.0. The normalized spacial score (nSPS) is 14.4. The highest BCUT2D eigenvalue weighted by atomic mass is 35.5. The van der Waals surface area contributed by atoms with Crippen LogP contribution in [0.15, 0.2) is 83.8 Å². The van der Waals surface area contributed by atoms with Gasteiger partial charge < -0.3 is 15.0 Å². The summed E-state index contributed by atoms with van der Waals surface area (Å²) in [5, 5.41) is 3.56. The lowest BCUT2D eigenvalue weighted by molar-refractivity contribution is -0.139. The highest BCUT2D eigenvalue weighted by Gasteiger charge is 2.33. The Morgan fingerprint density at radius 3 is 2.30 bits per heavy atom. The zero-order chi connectivity index (χ0) is 28.7. The monoisotopic (exact) mass is 583 g/mol. The van der Waals surface area contributed by atoms with Gasteiger partial charge in [0.15, 0.2) is 0 Å². The molecule has 1 N–H and O–H groups in total. The predicted molar refractivity (Wildman–Crippen MR) is 156 cm³/mol. The van der Waals surface area contributed by atoms with Gasteiger partial charge >= 0.3 is 0 Å². The number of hydrogen-bond donors (Lipinski definition) is 1. The Hall–Kier alpha value is -3.56. The minimum Gasteiger partial charge on any atom is -0.497 e. The van der Waals surface area contributed by atoms with E-state index >= 15 is 0 Å². The molecule has 1 atom stereocenters. The Morgan fingerprint density at radius 2 is 1.68 bits per heavy atom. The number of carbonyl (C=O) groups excluding carboxylic acids is 2. The Kier molecular flexibility index (Phi) is 9.71.